The molecule has 2 aromatic heterocycles. The molecule has 0 bridgehead atoms. The summed E-state index contributed by atoms with van der Waals surface area (Å²) in [5, 5.41) is 3.82. The average molecular weight is 338 g/mol. The second-order valence-corrected chi connectivity index (χ2v) is 6.09. The first-order valence-corrected chi connectivity index (χ1v) is 7.98. The fourth-order valence-electron chi connectivity index (χ4n) is 3.01. The summed E-state index contributed by atoms with van der Waals surface area (Å²) in [6.07, 6.45) is 1.74. The van der Waals surface area contributed by atoms with Gasteiger partial charge in [-0.05, 0) is 36.8 Å². The van der Waals surface area contributed by atoms with Crippen molar-refractivity contribution in [1.82, 2.24) is 14.4 Å². The van der Waals surface area contributed by atoms with E-state index in [1.165, 1.54) is 0 Å². The van der Waals surface area contributed by atoms with Gasteiger partial charge in [-0.2, -0.15) is 0 Å². The number of hydrogen-bond donors (Lipinski definition) is 2. The van der Waals surface area contributed by atoms with E-state index >= 15 is 0 Å². The van der Waals surface area contributed by atoms with E-state index in [9.17, 15) is 0 Å². The minimum atomic E-state index is 0.447. The highest BCUT2D eigenvalue weighted by Gasteiger charge is 2.17. The van der Waals surface area contributed by atoms with Crippen LogP contribution in [0.25, 0.3) is 27.9 Å². The van der Waals surface area contributed by atoms with Gasteiger partial charge in [-0.15, -0.1) is 0 Å². The Balaban J connectivity index is 2.18. The van der Waals surface area contributed by atoms with Gasteiger partial charge in [0.1, 0.15) is 17.2 Å². The smallest absolute Gasteiger partial charge is 0.150 e. The molecule has 0 aliphatic heterocycles. The molecule has 0 unspecified atom stereocenters. The molecule has 120 valence electrons. The van der Waals surface area contributed by atoms with Crippen LogP contribution in [0.3, 0.4) is 0 Å². The number of nitrogens with one attached hydrogen (secondary N) is 1. The Labute approximate surface area is 144 Å². The molecular formula is C18H16ClN5. The summed E-state index contributed by atoms with van der Waals surface area (Å²) in [6.45, 7) is 2.02. The van der Waals surface area contributed by atoms with Crippen molar-refractivity contribution in [2.45, 2.75) is 6.92 Å². The Morgan fingerprint density at radius 2 is 2.00 bits per heavy atom. The third kappa shape index (κ3) is 2.09. The maximum atomic E-state index is 6.46. The Bertz CT molecular complexity index is 1060. The zero-order valence-corrected chi connectivity index (χ0v) is 14.1. The van der Waals surface area contributed by atoms with Gasteiger partial charge in [0.15, 0.2) is 0 Å². The molecule has 0 saturated carbocycles. The number of hydrogen-bond acceptors (Lipinski definition) is 4. The standard InChI is InChI=1S/C18H16ClN5/c1-10-4-3-5-12(19)16(10)18-22-9-15-17(20)23-13-7-6-11(21-2)8-14(13)24(15)18/h3-9,21H,1-2H3,(H2,20,23). The first-order valence-electron chi connectivity index (χ1n) is 7.60. The topological polar surface area (TPSA) is 68.2 Å². The highest BCUT2D eigenvalue weighted by molar-refractivity contribution is 6.33. The Kier molecular flexibility index (Phi) is 3.32. The SMILES string of the molecule is CNc1ccc2nc(N)c3cnc(-c4c(C)cccc4Cl)n3c2c1. The second-order valence-electron chi connectivity index (χ2n) is 5.68. The number of anilines is 2. The molecule has 0 atom stereocenters. The average Bonchev–Trinajstić information content (AvgIpc) is 3.00. The number of halogens is 1. The Morgan fingerprint density at radius 1 is 1.17 bits per heavy atom. The van der Waals surface area contributed by atoms with Crippen molar-refractivity contribution in [2.75, 3.05) is 18.1 Å². The fraction of sp³-hybridized carbons (Fsp3) is 0.111. The summed E-state index contributed by atoms with van der Waals surface area (Å²) in [6, 6.07) is 11.8. The van der Waals surface area contributed by atoms with E-state index in [1.807, 2.05) is 54.8 Å². The van der Waals surface area contributed by atoms with Crippen LogP contribution < -0.4 is 11.1 Å². The molecule has 3 N–H and O–H groups in total. The monoisotopic (exact) mass is 337 g/mol. The molecule has 0 radical (unpaired) electrons. The molecule has 0 aliphatic rings. The molecule has 0 aliphatic carbocycles. The molecule has 6 heteroatoms. The normalized spacial score (nSPS) is 11.3. The molecule has 0 saturated heterocycles. The van der Waals surface area contributed by atoms with E-state index in [1.54, 1.807) is 6.20 Å². The van der Waals surface area contributed by atoms with Gasteiger partial charge in [-0.25, -0.2) is 9.97 Å². The van der Waals surface area contributed by atoms with Gasteiger partial charge in [-0.3, -0.25) is 4.40 Å². The van der Waals surface area contributed by atoms with Gasteiger partial charge < -0.3 is 11.1 Å². The number of aromatic nitrogens is 3. The first-order chi connectivity index (χ1) is 11.6. The summed E-state index contributed by atoms with van der Waals surface area (Å²) >= 11 is 6.46. The summed E-state index contributed by atoms with van der Waals surface area (Å²) < 4.78 is 2.02. The van der Waals surface area contributed by atoms with Crippen molar-refractivity contribution in [3.8, 4) is 11.4 Å². The zero-order chi connectivity index (χ0) is 16.8. The maximum Gasteiger partial charge on any atom is 0.150 e. The Hall–Kier alpha value is -2.79. The van der Waals surface area contributed by atoms with E-state index in [4.69, 9.17) is 17.3 Å². The second kappa shape index (κ2) is 5.39. The predicted octanol–water partition coefficient (Wildman–Crippen LogP) is 4.14. The number of aryl methyl sites for hydroxylation is 1. The van der Waals surface area contributed by atoms with Gasteiger partial charge in [0.05, 0.1) is 22.3 Å². The number of fused-ring (bicyclic) bond motifs is 3. The van der Waals surface area contributed by atoms with Crippen molar-refractivity contribution in [1.29, 1.82) is 0 Å². The lowest BCUT2D eigenvalue weighted by Gasteiger charge is -2.11. The minimum Gasteiger partial charge on any atom is -0.388 e. The van der Waals surface area contributed by atoms with Gasteiger partial charge >= 0.3 is 0 Å². The number of benzene rings is 2. The molecule has 2 heterocycles. The first kappa shape index (κ1) is 14.8. The van der Waals surface area contributed by atoms with Crippen LogP contribution in [-0.2, 0) is 0 Å². The van der Waals surface area contributed by atoms with Crippen LogP contribution in [0.15, 0.2) is 42.6 Å². The molecule has 5 nitrogen and oxygen atoms in total. The van der Waals surface area contributed by atoms with E-state index in [-0.39, 0.29) is 0 Å². The van der Waals surface area contributed by atoms with Crippen LogP contribution in [0.1, 0.15) is 5.56 Å². The number of rotatable bonds is 2. The highest BCUT2D eigenvalue weighted by atomic mass is 35.5. The van der Waals surface area contributed by atoms with Crippen LogP contribution in [0.5, 0.6) is 0 Å². The lowest BCUT2D eigenvalue weighted by Crippen LogP contribution is -2.01. The molecule has 4 aromatic rings. The van der Waals surface area contributed by atoms with Crippen LogP contribution in [0, 0.1) is 6.92 Å². The Morgan fingerprint density at radius 3 is 2.75 bits per heavy atom. The van der Waals surface area contributed by atoms with E-state index < -0.39 is 0 Å². The van der Waals surface area contributed by atoms with Crippen molar-refractivity contribution in [3.63, 3.8) is 0 Å². The van der Waals surface area contributed by atoms with Gasteiger partial charge in [0.25, 0.3) is 0 Å². The minimum absolute atomic E-state index is 0.447. The van der Waals surface area contributed by atoms with Gasteiger partial charge in [0, 0.05) is 18.3 Å². The number of nitrogens with zero attached hydrogens (tertiary/aromatic N) is 3. The molecule has 0 spiro atoms. The number of nitrogen functional groups attached to an aromatic ring is 1. The fourth-order valence-corrected chi connectivity index (χ4v) is 3.31. The van der Waals surface area contributed by atoms with Crippen LogP contribution >= 0.6 is 11.6 Å². The summed E-state index contributed by atoms with van der Waals surface area (Å²) in [7, 11) is 1.89. The number of nitrogens with two attached hydrogens (primary N) is 1. The molecule has 0 fully saturated rings. The van der Waals surface area contributed by atoms with E-state index in [0.717, 1.165) is 39.2 Å². The third-order valence-corrected chi connectivity index (χ3v) is 4.53. The van der Waals surface area contributed by atoms with Gasteiger partial charge in [-0.1, -0.05) is 23.7 Å². The summed E-state index contributed by atoms with van der Waals surface area (Å²) in [5.41, 5.74) is 11.6. The van der Waals surface area contributed by atoms with Crippen molar-refractivity contribution in [3.05, 3.63) is 53.2 Å². The zero-order valence-electron chi connectivity index (χ0n) is 13.3. The molecule has 24 heavy (non-hydrogen) atoms. The molecular weight excluding hydrogens is 322 g/mol. The van der Waals surface area contributed by atoms with E-state index in [0.29, 0.717) is 10.8 Å². The van der Waals surface area contributed by atoms with Crippen LogP contribution in [0.2, 0.25) is 5.02 Å². The maximum absolute atomic E-state index is 6.46. The lowest BCUT2D eigenvalue weighted by molar-refractivity contribution is 1.19. The third-order valence-electron chi connectivity index (χ3n) is 4.22. The van der Waals surface area contributed by atoms with Gasteiger partial charge in [0.2, 0.25) is 0 Å². The number of imidazole rings is 1. The van der Waals surface area contributed by atoms with E-state index in [2.05, 4.69) is 15.3 Å². The largest absolute Gasteiger partial charge is 0.388 e. The van der Waals surface area contributed by atoms with Crippen molar-refractivity contribution >= 4 is 39.7 Å². The quantitative estimate of drug-likeness (QED) is 0.577. The van der Waals surface area contributed by atoms with Crippen LogP contribution in [-0.4, -0.2) is 21.4 Å². The molecule has 4 rings (SSSR count). The predicted molar refractivity (Wildman–Crippen MR) is 99.6 cm³/mol. The summed E-state index contributed by atoms with van der Waals surface area (Å²) in [4.78, 5) is 9.08. The summed E-state index contributed by atoms with van der Waals surface area (Å²) in [5.74, 6) is 1.21. The molecule has 2 aromatic carbocycles. The van der Waals surface area contributed by atoms with Crippen LogP contribution in [0.4, 0.5) is 11.5 Å². The molecule has 0 amide bonds. The van der Waals surface area contributed by atoms with Crippen molar-refractivity contribution < 1.29 is 0 Å². The lowest BCUT2D eigenvalue weighted by atomic mass is 10.1. The van der Waals surface area contributed by atoms with Crippen molar-refractivity contribution in [2.24, 2.45) is 0 Å². The highest BCUT2D eigenvalue weighted by Crippen LogP contribution is 2.33.